The van der Waals surface area contributed by atoms with Gasteiger partial charge in [-0.1, -0.05) is 36.4 Å². The zero-order valence-corrected chi connectivity index (χ0v) is 10.3. The van der Waals surface area contributed by atoms with Crippen molar-refractivity contribution in [3.05, 3.63) is 42.0 Å². The van der Waals surface area contributed by atoms with Gasteiger partial charge in [0.1, 0.15) is 6.04 Å². The second-order valence-corrected chi connectivity index (χ2v) is 4.81. The number of carbonyl (C=O) groups excluding carboxylic acids is 1. The molecule has 1 unspecified atom stereocenters. The van der Waals surface area contributed by atoms with E-state index in [4.69, 9.17) is 4.74 Å². The van der Waals surface area contributed by atoms with Crippen LogP contribution in [0.2, 0.25) is 0 Å². The minimum atomic E-state index is -0.0495. The minimum Gasteiger partial charge on any atom is -0.464 e. The van der Waals surface area contributed by atoms with Gasteiger partial charge in [-0.05, 0) is 17.6 Å². The van der Waals surface area contributed by atoms with Crippen LogP contribution in [-0.4, -0.2) is 36.6 Å². The number of rotatable bonds is 2. The number of esters is 1. The first-order chi connectivity index (χ1) is 8.84. The average Bonchev–Trinajstić information content (AvgIpc) is 2.86. The maximum atomic E-state index is 11.5. The van der Waals surface area contributed by atoms with E-state index >= 15 is 0 Å². The van der Waals surface area contributed by atoms with E-state index < -0.39 is 0 Å². The molecular weight excluding hydrogens is 226 g/mol. The molecule has 2 heterocycles. The Kier molecular flexibility index (Phi) is 3.15. The van der Waals surface area contributed by atoms with Gasteiger partial charge in [0.05, 0.1) is 6.61 Å². The number of benzene rings is 1. The highest BCUT2D eigenvalue weighted by Crippen LogP contribution is 2.25. The van der Waals surface area contributed by atoms with Crippen LogP contribution in [0.15, 0.2) is 36.4 Å². The summed E-state index contributed by atoms with van der Waals surface area (Å²) in [5.74, 6) is -0.0495. The molecule has 0 saturated carbocycles. The fourth-order valence-electron chi connectivity index (χ4n) is 2.70. The van der Waals surface area contributed by atoms with E-state index in [1.54, 1.807) is 0 Å². The van der Waals surface area contributed by atoms with Crippen LogP contribution in [0, 0.1) is 0 Å². The monoisotopic (exact) mass is 243 g/mol. The van der Waals surface area contributed by atoms with Crippen LogP contribution in [0.4, 0.5) is 0 Å². The highest BCUT2D eigenvalue weighted by molar-refractivity contribution is 5.78. The number of hydrogen-bond donors (Lipinski definition) is 0. The van der Waals surface area contributed by atoms with Crippen molar-refractivity contribution in [3.63, 3.8) is 0 Å². The smallest absolute Gasteiger partial charge is 0.323 e. The van der Waals surface area contributed by atoms with E-state index in [0.717, 1.165) is 25.9 Å². The lowest BCUT2D eigenvalue weighted by Crippen LogP contribution is -2.41. The fraction of sp³-hybridized carbons (Fsp3) is 0.400. The maximum absolute atomic E-state index is 11.5. The Balaban J connectivity index is 1.70. The van der Waals surface area contributed by atoms with Gasteiger partial charge in [-0.15, -0.1) is 0 Å². The molecule has 18 heavy (non-hydrogen) atoms. The second kappa shape index (κ2) is 4.94. The normalized spacial score (nSPS) is 24.8. The summed E-state index contributed by atoms with van der Waals surface area (Å²) in [6.07, 6.45) is 4.09. The van der Waals surface area contributed by atoms with E-state index in [1.807, 2.05) is 6.07 Å². The van der Waals surface area contributed by atoms with E-state index in [0.29, 0.717) is 6.61 Å². The van der Waals surface area contributed by atoms with Crippen LogP contribution in [0.3, 0.4) is 0 Å². The van der Waals surface area contributed by atoms with Crippen molar-refractivity contribution in [3.8, 4) is 0 Å². The summed E-state index contributed by atoms with van der Waals surface area (Å²) in [5.41, 5.74) is 2.68. The third-order valence-corrected chi connectivity index (χ3v) is 3.73. The average molecular weight is 243 g/mol. The number of carbonyl (C=O) groups is 1. The number of ether oxygens (including phenoxy) is 1. The summed E-state index contributed by atoms with van der Waals surface area (Å²) in [5, 5.41) is 0. The fourth-order valence-corrected chi connectivity index (χ4v) is 2.70. The summed E-state index contributed by atoms with van der Waals surface area (Å²) in [6, 6.07) is 10.4. The molecule has 3 heteroatoms. The molecule has 94 valence electrons. The van der Waals surface area contributed by atoms with Crippen molar-refractivity contribution >= 4 is 11.5 Å². The first-order valence-corrected chi connectivity index (χ1v) is 6.50. The number of hydrogen-bond acceptors (Lipinski definition) is 3. The van der Waals surface area contributed by atoms with Gasteiger partial charge in [0, 0.05) is 19.5 Å². The van der Waals surface area contributed by atoms with E-state index in [1.165, 1.54) is 11.1 Å². The molecule has 1 fully saturated rings. The van der Waals surface area contributed by atoms with Gasteiger partial charge in [-0.2, -0.15) is 0 Å². The molecule has 2 aliphatic heterocycles. The Bertz CT molecular complexity index is 467. The van der Waals surface area contributed by atoms with Crippen LogP contribution < -0.4 is 0 Å². The van der Waals surface area contributed by atoms with Gasteiger partial charge < -0.3 is 4.74 Å². The standard InChI is InChI=1S/C15H17NO2/c17-15-14(8-11-18-15)16-9-6-13(7-10-16)12-4-2-1-3-5-12/h1-6,14H,7-11H2. The van der Waals surface area contributed by atoms with E-state index in [-0.39, 0.29) is 12.0 Å². The number of cyclic esters (lactones) is 1. The second-order valence-electron chi connectivity index (χ2n) is 4.81. The highest BCUT2D eigenvalue weighted by Gasteiger charge is 2.32. The molecule has 0 aliphatic carbocycles. The Labute approximate surface area is 107 Å². The predicted octanol–water partition coefficient (Wildman–Crippen LogP) is 2.09. The van der Waals surface area contributed by atoms with Gasteiger partial charge in [0.2, 0.25) is 0 Å². The van der Waals surface area contributed by atoms with Gasteiger partial charge in [0.15, 0.2) is 0 Å². The van der Waals surface area contributed by atoms with Gasteiger partial charge in [-0.3, -0.25) is 9.69 Å². The third kappa shape index (κ3) is 2.18. The molecule has 0 N–H and O–H groups in total. The summed E-state index contributed by atoms with van der Waals surface area (Å²) >= 11 is 0. The maximum Gasteiger partial charge on any atom is 0.323 e. The number of nitrogens with zero attached hydrogens (tertiary/aromatic N) is 1. The zero-order valence-electron chi connectivity index (χ0n) is 10.3. The predicted molar refractivity (Wildman–Crippen MR) is 70.0 cm³/mol. The molecule has 2 aliphatic rings. The van der Waals surface area contributed by atoms with E-state index in [2.05, 4.69) is 35.2 Å². The molecule has 1 saturated heterocycles. The molecule has 1 atom stereocenters. The summed E-state index contributed by atoms with van der Waals surface area (Å²) in [4.78, 5) is 13.8. The van der Waals surface area contributed by atoms with Crippen molar-refractivity contribution < 1.29 is 9.53 Å². The minimum absolute atomic E-state index is 0.0152. The van der Waals surface area contributed by atoms with Crippen molar-refractivity contribution in [2.75, 3.05) is 19.7 Å². The largest absolute Gasteiger partial charge is 0.464 e. The zero-order chi connectivity index (χ0) is 12.4. The van der Waals surface area contributed by atoms with Crippen LogP contribution >= 0.6 is 0 Å². The van der Waals surface area contributed by atoms with Crippen LogP contribution in [-0.2, 0) is 9.53 Å². The van der Waals surface area contributed by atoms with Crippen molar-refractivity contribution in [1.29, 1.82) is 0 Å². The summed E-state index contributed by atoms with van der Waals surface area (Å²) in [6.45, 7) is 2.37. The molecule has 0 amide bonds. The highest BCUT2D eigenvalue weighted by atomic mass is 16.5. The molecule has 0 aromatic heterocycles. The molecule has 0 spiro atoms. The lowest BCUT2D eigenvalue weighted by atomic mass is 9.98. The van der Waals surface area contributed by atoms with Crippen LogP contribution in [0.5, 0.6) is 0 Å². The Morgan fingerprint density at radius 1 is 1.22 bits per heavy atom. The SMILES string of the molecule is O=C1OCCC1N1CC=C(c2ccccc2)CC1. The van der Waals surface area contributed by atoms with Gasteiger partial charge >= 0.3 is 5.97 Å². The molecule has 1 aromatic carbocycles. The molecule has 0 bridgehead atoms. The quantitative estimate of drug-likeness (QED) is 0.745. The summed E-state index contributed by atoms with van der Waals surface area (Å²) in [7, 11) is 0. The Morgan fingerprint density at radius 3 is 2.67 bits per heavy atom. The molecule has 3 nitrogen and oxygen atoms in total. The molecule has 3 rings (SSSR count). The third-order valence-electron chi connectivity index (χ3n) is 3.73. The molecular formula is C15H17NO2. The Hall–Kier alpha value is -1.61. The topological polar surface area (TPSA) is 29.5 Å². The van der Waals surface area contributed by atoms with Crippen molar-refractivity contribution in [1.82, 2.24) is 4.90 Å². The first-order valence-electron chi connectivity index (χ1n) is 6.50. The van der Waals surface area contributed by atoms with Gasteiger partial charge in [0.25, 0.3) is 0 Å². The van der Waals surface area contributed by atoms with Gasteiger partial charge in [-0.25, -0.2) is 0 Å². The van der Waals surface area contributed by atoms with Crippen LogP contribution in [0.1, 0.15) is 18.4 Å². The first kappa shape index (κ1) is 11.5. The molecule has 0 radical (unpaired) electrons. The Morgan fingerprint density at radius 2 is 2.06 bits per heavy atom. The van der Waals surface area contributed by atoms with Crippen LogP contribution in [0.25, 0.3) is 5.57 Å². The molecule has 1 aromatic rings. The van der Waals surface area contributed by atoms with E-state index in [9.17, 15) is 4.79 Å². The van der Waals surface area contributed by atoms with Crippen molar-refractivity contribution in [2.45, 2.75) is 18.9 Å². The van der Waals surface area contributed by atoms with Crippen molar-refractivity contribution in [2.24, 2.45) is 0 Å². The lowest BCUT2D eigenvalue weighted by molar-refractivity contribution is -0.142. The summed E-state index contributed by atoms with van der Waals surface area (Å²) < 4.78 is 5.03. The lowest BCUT2D eigenvalue weighted by Gasteiger charge is -2.29.